The van der Waals surface area contributed by atoms with Crippen LogP contribution in [0.1, 0.15) is 21.5 Å². The quantitative estimate of drug-likeness (QED) is 0.440. The highest BCUT2D eigenvalue weighted by atomic mass is 32.2. The lowest BCUT2D eigenvalue weighted by Crippen LogP contribution is -2.29. The lowest BCUT2D eigenvalue weighted by Gasteiger charge is -2.22. The number of hydrazone groups is 1. The number of ether oxygens (including phenoxy) is 2. The highest BCUT2D eigenvalue weighted by Gasteiger charge is 2.18. The van der Waals surface area contributed by atoms with Crippen LogP contribution >= 0.6 is 0 Å². The first-order valence-corrected chi connectivity index (χ1v) is 11.6. The van der Waals surface area contributed by atoms with E-state index in [9.17, 15) is 13.2 Å². The monoisotopic (exact) mass is 451 g/mol. The molecule has 164 valence electrons. The van der Waals surface area contributed by atoms with Gasteiger partial charge in [-0.3, -0.25) is 9.10 Å². The smallest absolute Gasteiger partial charge is 0.271 e. The highest BCUT2D eigenvalue weighted by Crippen LogP contribution is 2.32. The van der Waals surface area contributed by atoms with Gasteiger partial charge in [-0.1, -0.05) is 30.3 Å². The molecule has 4 rings (SSSR count). The van der Waals surface area contributed by atoms with E-state index < -0.39 is 10.0 Å². The number of sulfonamides is 1. The summed E-state index contributed by atoms with van der Waals surface area (Å²) in [5.41, 5.74) is 4.97. The van der Waals surface area contributed by atoms with Crippen molar-refractivity contribution in [2.24, 2.45) is 5.10 Å². The summed E-state index contributed by atoms with van der Waals surface area (Å²) in [6.07, 6.45) is 2.68. The average Bonchev–Trinajstić information content (AvgIpc) is 3.25. The Hall–Kier alpha value is -3.85. The molecular formula is C23H21N3O5S. The van der Waals surface area contributed by atoms with Gasteiger partial charge in [0, 0.05) is 5.56 Å². The third-order valence-electron chi connectivity index (χ3n) is 4.76. The first-order valence-electron chi connectivity index (χ1n) is 9.75. The van der Waals surface area contributed by atoms with Crippen molar-refractivity contribution in [3.8, 4) is 11.5 Å². The zero-order valence-corrected chi connectivity index (χ0v) is 18.1. The molecular weight excluding hydrogens is 430 g/mol. The molecule has 1 heterocycles. The van der Waals surface area contributed by atoms with E-state index in [-0.39, 0.29) is 19.2 Å². The van der Waals surface area contributed by atoms with E-state index in [0.717, 1.165) is 11.1 Å². The summed E-state index contributed by atoms with van der Waals surface area (Å²) in [6.45, 7) is 0.350. The molecule has 3 aromatic rings. The number of rotatable bonds is 7. The number of hydrogen-bond acceptors (Lipinski definition) is 6. The van der Waals surface area contributed by atoms with E-state index >= 15 is 0 Å². The summed E-state index contributed by atoms with van der Waals surface area (Å²) >= 11 is 0. The van der Waals surface area contributed by atoms with Crippen LogP contribution in [-0.4, -0.2) is 33.6 Å². The van der Waals surface area contributed by atoms with E-state index in [4.69, 9.17) is 9.47 Å². The highest BCUT2D eigenvalue weighted by molar-refractivity contribution is 7.92. The molecule has 0 spiro atoms. The van der Waals surface area contributed by atoms with Gasteiger partial charge in [-0.15, -0.1) is 0 Å². The molecule has 32 heavy (non-hydrogen) atoms. The number of anilines is 1. The zero-order valence-electron chi connectivity index (χ0n) is 17.3. The van der Waals surface area contributed by atoms with Crippen molar-refractivity contribution in [3.63, 3.8) is 0 Å². The van der Waals surface area contributed by atoms with E-state index in [1.807, 2.05) is 6.07 Å². The molecule has 0 atom stereocenters. The van der Waals surface area contributed by atoms with Crippen molar-refractivity contribution in [1.29, 1.82) is 0 Å². The molecule has 9 heteroatoms. The van der Waals surface area contributed by atoms with Crippen LogP contribution in [0.5, 0.6) is 11.5 Å². The van der Waals surface area contributed by atoms with Gasteiger partial charge < -0.3 is 9.47 Å². The van der Waals surface area contributed by atoms with Crippen molar-refractivity contribution >= 4 is 27.8 Å². The third-order valence-corrected chi connectivity index (χ3v) is 5.90. The zero-order chi connectivity index (χ0) is 22.6. The summed E-state index contributed by atoms with van der Waals surface area (Å²) in [4.78, 5) is 12.4. The molecule has 0 saturated heterocycles. The molecule has 0 aliphatic carbocycles. The standard InChI is InChI=1S/C23H21N3O5S/c1-32(28,29)26(20-5-3-2-4-6-20)15-17-7-10-19(11-8-17)23(27)25-24-14-18-9-12-21-22(13-18)31-16-30-21/h2-14H,15-16H2,1H3,(H,25,27). The fourth-order valence-electron chi connectivity index (χ4n) is 3.15. The van der Waals surface area contributed by atoms with Crippen molar-refractivity contribution in [3.05, 3.63) is 89.5 Å². The van der Waals surface area contributed by atoms with Crippen LogP contribution in [0.4, 0.5) is 5.69 Å². The maximum atomic E-state index is 12.4. The molecule has 0 saturated carbocycles. The minimum atomic E-state index is -3.47. The molecule has 1 N–H and O–H groups in total. The molecule has 3 aromatic carbocycles. The Bertz CT molecular complexity index is 1240. The van der Waals surface area contributed by atoms with Crippen LogP contribution in [0, 0.1) is 0 Å². The number of carbonyl (C=O) groups is 1. The first kappa shape index (κ1) is 21.4. The minimum absolute atomic E-state index is 0.160. The van der Waals surface area contributed by atoms with E-state index in [0.29, 0.717) is 22.7 Å². The lowest BCUT2D eigenvalue weighted by molar-refractivity contribution is 0.0955. The minimum Gasteiger partial charge on any atom is -0.454 e. The molecule has 1 aliphatic rings. The predicted molar refractivity (Wildman–Crippen MR) is 122 cm³/mol. The second kappa shape index (κ2) is 9.11. The summed E-state index contributed by atoms with van der Waals surface area (Å²) in [5.74, 6) is 0.930. The number of para-hydroxylation sites is 1. The normalized spacial score (nSPS) is 12.7. The number of amides is 1. The SMILES string of the molecule is CS(=O)(=O)N(Cc1ccc(C(=O)NN=Cc2ccc3c(c2)OCO3)cc1)c1ccccc1. The Labute approximate surface area is 186 Å². The van der Waals surface area contributed by atoms with Gasteiger partial charge in [0.1, 0.15) is 0 Å². The molecule has 0 unspecified atom stereocenters. The predicted octanol–water partition coefficient (Wildman–Crippen LogP) is 3.15. The van der Waals surface area contributed by atoms with Crippen molar-refractivity contribution in [2.45, 2.75) is 6.54 Å². The maximum absolute atomic E-state index is 12.4. The third kappa shape index (κ3) is 5.06. The molecule has 8 nitrogen and oxygen atoms in total. The number of nitrogens with one attached hydrogen (secondary N) is 1. The lowest BCUT2D eigenvalue weighted by atomic mass is 10.1. The van der Waals surface area contributed by atoms with Crippen LogP contribution in [-0.2, 0) is 16.6 Å². The number of benzene rings is 3. The molecule has 0 radical (unpaired) electrons. The molecule has 0 aromatic heterocycles. The van der Waals surface area contributed by atoms with Gasteiger partial charge in [-0.25, -0.2) is 13.8 Å². The van der Waals surface area contributed by atoms with Crippen molar-refractivity contribution < 1.29 is 22.7 Å². The van der Waals surface area contributed by atoms with Gasteiger partial charge >= 0.3 is 0 Å². The van der Waals surface area contributed by atoms with Crippen molar-refractivity contribution in [1.82, 2.24) is 5.43 Å². The molecule has 0 bridgehead atoms. The summed E-state index contributed by atoms with van der Waals surface area (Å²) in [6, 6.07) is 20.9. The number of carbonyl (C=O) groups excluding carboxylic acids is 1. The number of hydrogen-bond donors (Lipinski definition) is 1. The van der Waals surface area contributed by atoms with Crippen LogP contribution in [0.15, 0.2) is 77.9 Å². The maximum Gasteiger partial charge on any atom is 0.271 e. The van der Waals surface area contributed by atoms with Crippen LogP contribution in [0.3, 0.4) is 0 Å². The molecule has 0 fully saturated rings. The first-order chi connectivity index (χ1) is 15.4. The van der Waals surface area contributed by atoms with Crippen LogP contribution < -0.4 is 19.2 Å². The largest absolute Gasteiger partial charge is 0.454 e. The molecule has 1 amide bonds. The van der Waals surface area contributed by atoms with Crippen LogP contribution in [0.2, 0.25) is 0 Å². The van der Waals surface area contributed by atoms with Gasteiger partial charge in [0.2, 0.25) is 16.8 Å². The second-order valence-corrected chi connectivity index (χ2v) is 9.02. The van der Waals surface area contributed by atoms with Crippen molar-refractivity contribution in [2.75, 3.05) is 17.4 Å². The van der Waals surface area contributed by atoms with Gasteiger partial charge in [-0.2, -0.15) is 5.10 Å². The Morgan fingerprint density at radius 1 is 1.03 bits per heavy atom. The van der Waals surface area contributed by atoms with Crippen LogP contribution in [0.25, 0.3) is 0 Å². The Balaban J connectivity index is 1.40. The fourth-order valence-corrected chi connectivity index (χ4v) is 4.03. The number of fused-ring (bicyclic) bond motifs is 1. The Morgan fingerprint density at radius 2 is 1.75 bits per heavy atom. The summed E-state index contributed by atoms with van der Waals surface area (Å²) in [7, 11) is -3.47. The van der Waals surface area contributed by atoms with Gasteiger partial charge in [0.05, 0.1) is 24.7 Å². The van der Waals surface area contributed by atoms with E-state index in [2.05, 4.69) is 10.5 Å². The van der Waals surface area contributed by atoms with E-state index in [1.54, 1.807) is 66.7 Å². The summed E-state index contributed by atoms with van der Waals surface area (Å²) < 4.78 is 36.4. The van der Waals surface area contributed by atoms with Gasteiger partial charge in [0.15, 0.2) is 11.5 Å². The second-order valence-electron chi connectivity index (χ2n) is 7.11. The van der Waals surface area contributed by atoms with Gasteiger partial charge in [-0.05, 0) is 53.6 Å². The topological polar surface area (TPSA) is 97.3 Å². The Kier molecular flexibility index (Phi) is 6.09. The number of nitrogens with zero attached hydrogens (tertiary/aromatic N) is 2. The van der Waals surface area contributed by atoms with Gasteiger partial charge in [0.25, 0.3) is 5.91 Å². The average molecular weight is 452 g/mol. The fraction of sp³-hybridized carbons (Fsp3) is 0.130. The Morgan fingerprint density at radius 3 is 2.47 bits per heavy atom. The molecule has 1 aliphatic heterocycles. The summed E-state index contributed by atoms with van der Waals surface area (Å²) in [5, 5.41) is 3.98. The van der Waals surface area contributed by atoms with E-state index in [1.165, 1.54) is 16.8 Å².